The summed E-state index contributed by atoms with van der Waals surface area (Å²) in [7, 11) is 0. The van der Waals surface area contributed by atoms with Crippen molar-refractivity contribution in [3.05, 3.63) is 22.4 Å². The topological polar surface area (TPSA) is 62.2 Å². The number of nitrogens with one attached hydrogen (secondary N) is 1. The fraction of sp³-hybridized carbons (Fsp3) is 0.455. The average molecular weight is 287 g/mol. The molecule has 0 aliphatic rings. The van der Waals surface area contributed by atoms with Gasteiger partial charge in [-0.3, -0.25) is 4.79 Å². The van der Waals surface area contributed by atoms with E-state index in [4.69, 9.17) is 5.11 Å². The number of aryl methyl sites for hydroxylation is 1. The summed E-state index contributed by atoms with van der Waals surface area (Å²) in [5, 5.41) is 11.4. The molecule has 88 valence electrons. The zero-order valence-corrected chi connectivity index (χ0v) is 10.7. The van der Waals surface area contributed by atoms with Crippen LogP contribution in [0.25, 0.3) is 0 Å². The van der Waals surface area contributed by atoms with E-state index in [-0.39, 0.29) is 12.5 Å². The number of hydrogen-bond donors (Lipinski definition) is 2. The molecule has 4 nitrogen and oxygen atoms in total. The van der Waals surface area contributed by atoms with Crippen LogP contribution in [-0.2, 0) is 4.79 Å². The van der Waals surface area contributed by atoms with Gasteiger partial charge in [-0.1, -0.05) is 0 Å². The molecular formula is C11H15BrN2O2. The molecule has 16 heavy (non-hydrogen) atoms. The predicted molar refractivity (Wildman–Crippen MR) is 66.2 cm³/mol. The summed E-state index contributed by atoms with van der Waals surface area (Å²) in [6.07, 6.45) is 3.40. The number of carbonyl (C=O) groups excluding carboxylic acids is 1. The molecule has 0 unspecified atom stereocenters. The van der Waals surface area contributed by atoms with E-state index in [1.54, 1.807) is 6.20 Å². The lowest BCUT2D eigenvalue weighted by Crippen LogP contribution is -2.11. The number of hydrogen-bond acceptors (Lipinski definition) is 3. The summed E-state index contributed by atoms with van der Waals surface area (Å²) >= 11 is 3.30. The molecule has 0 aliphatic carbocycles. The fourth-order valence-corrected chi connectivity index (χ4v) is 1.46. The van der Waals surface area contributed by atoms with Crippen molar-refractivity contribution in [2.24, 2.45) is 0 Å². The number of nitrogens with zero attached hydrogens (tertiary/aromatic N) is 1. The van der Waals surface area contributed by atoms with Crippen LogP contribution in [0, 0.1) is 6.92 Å². The number of aliphatic hydroxyl groups is 1. The molecule has 0 aliphatic heterocycles. The van der Waals surface area contributed by atoms with Gasteiger partial charge in [0.1, 0.15) is 4.60 Å². The molecule has 2 N–H and O–H groups in total. The summed E-state index contributed by atoms with van der Waals surface area (Å²) in [5.74, 6) is -0.0445. The lowest BCUT2D eigenvalue weighted by Gasteiger charge is -2.06. The number of halogens is 1. The number of amides is 1. The van der Waals surface area contributed by atoms with Crippen LogP contribution in [0.4, 0.5) is 5.69 Å². The summed E-state index contributed by atoms with van der Waals surface area (Å²) in [4.78, 5) is 15.5. The van der Waals surface area contributed by atoms with Gasteiger partial charge in [-0.25, -0.2) is 4.98 Å². The van der Waals surface area contributed by atoms with Gasteiger partial charge in [-0.05, 0) is 47.3 Å². The van der Waals surface area contributed by atoms with Gasteiger partial charge in [0.05, 0.1) is 11.9 Å². The third-order valence-electron chi connectivity index (χ3n) is 2.11. The van der Waals surface area contributed by atoms with E-state index in [1.165, 1.54) is 0 Å². The summed E-state index contributed by atoms with van der Waals surface area (Å²) in [6.45, 7) is 2.05. The van der Waals surface area contributed by atoms with Crippen LogP contribution >= 0.6 is 15.9 Å². The third kappa shape index (κ3) is 4.28. The van der Waals surface area contributed by atoms with Crippen molar-refractivity contribution < 1.29 is 9.90 Å². The highest BCUT2D eigenvalue weighted by Gasteiger charge is 2.03. The number of anilines is 1. The predicted octanol–water partition coefficient (Wildman–Crippen LogP) is 2.25. The number of carbonyl (C=O) groups is 1. The Morgan fingerprint density at radius 3 is 2.94 bits per heavy atom. The summed E-state index contributed by atoms with van der Waals surface area (Å²) < 4.78 is 0.783. The van der Waals surface area contributed by atoms with Crippen LogP contribution in [0.1, 0.15) is 24.8 Å². The monoisotopic (exact) mass is 286 g/mol. The van der Waals surface area contributed by atoms with Gasteiger partial charge in [0.15, 0.2) is 0 Å². The minimum absolute atomic E-state index is 0.0445. The van der Waals surface area contributed by atoms with Crippen molar-refractivity contribution in [3.8, 4) is 0 Å². The standard InChI is InChI=1S/C11H15BrN2O2/c1-8-6-9(7-13-11(8)12)14-10(16)4-2-3-5-15/h6-7,15H,2-5H2,1H3,(H,14,16). The van der Waals surface area contributed by atoms with Gasteiger partial charge >= 0.3 is 0 Å². The number of aliphatic hydroxyl groups excluding tert-OH is 1. The first kappa shape index (κ1) is 13.1. The fourth-order valence-electron chi connectivity index (χ4n) is 1.25. The molecular weight excluding hydrogens is 272 g/mol. The SMILES string of the molecule is Cc1cc(NC(=O)CCCCO)cnc1Br. The molecule has 0 fully saturated rings. The van der Waals surface area contributed by atoms with Crippen LogP contribution in [0.5, 0.6) is 0 Å². The van der Waals surface area contributed by atoms with Gasteiger partial charge in [-0.2, -0.15) is 0 Å². The van der Waals surface area contributed by atoms with E-state index in [9.17, 15) is 4.79 Å². The molecule has 1 amide bonds. The van der Waals surface area contributed by atoms with E-state index < -0.39 is 0 Å². The summed E-state index contributed by atoms with van der Waals surface area (Å²) in [6, 6.07) is 1.86. The lowest BCUT2D eigenvalue weighted by atomic mass is 10.2. The van der Waals surface area contributed by atoms with Crippen molar-refractivity contribution in [3.63, 3.8) is 0 Å². The van der Waals surface area contributed by atoms with Crippen LogP contribution in [-0.4, -0.2) is 22.6 Å². The smallest absolute Gasteiger partial charge is 0.224 e. The quantitative estimate of drug-likeness (QED) is 0.645. The zero-order chi connectivity index (χ0) is 12.0. The second kappa shape index (κ2) is 6.60. The Kier molecular flexibility index (Phi) is 5.42. The van der Waals surface area contributed by atoms with Gasteiger partial charge in [0.2, 0.25) is 5.91 Å². The highest BCUT2D eigenvalue weighted by molar-refractivity contribution is 9.10. The molecule has 0 aromatic carbocycles. The van der Waals surface area contributed by atoms with Crippen LogP contribution in [0.3, 0.4) is 0 Å². The van der Waals surface area contributed by atoms with Gasteiger partial charge in [0.25, 0.3) is 0 Å². The van der Waals surface area contributed by atoms with Crippen LogP contribution in [0.2, 0.25) is 0 Å². The third-order valence-corrected chi connectivity index (χ3v) is 2.94. The normalized spacial score (nSPS) is 10.2. The number of pyridine rings is 1. The summed E-state index contributed by atoms with van der Waals surface area (Å²) in [5.41, 5.74) is 1.68. The molecule has 1 rings (SSSR count). The van der Waals surface area contributed by atoms with Crippen LogP contribution in [0.15, 0.2) is 16.9 Å². The molecule has 0 saturated carbocycles. The Balaban J connectivity index is 2.46. The molecule has 5 heteroatoms. The molecule has 0 atom stereocenters. The average Bonchev–Trinajstić information content (AvgIpc) is 2.24. The zero-order valence-electron chi connectivity index (χ0n) is 9.16. The second-order valence-corrected chi connectivity index (χ2v) is 4.31. The maximum absolute atomic E-state index is 11.5. The van der Waals surface area contributed by atoms with E-state index >= 15 is 0 Å². The van der Waals surface area contributed by atoms with Gasteiger partial charge < -0.3 is 10.4 Å². The highest BCUT2D eigenvalue weighted by atomic mass is 79.9. The van der Waals surface area contributed by atoms with Crippen molar-refractivity contribution in [2.75, 3.05) is 11.9 Å². The molecule has 0 spiro atoms. The van der Waals surface area contributed by atoms with E-state index in [0.717, 1.165) is 10.2 Å². The Bertz CT molecular complexity index is 369. The van der Waals surface area contributed by atoms with Crippen molar-refractivity contribution in [1.29, 1.82) is 0 Å². The minimum Gasteiger partial charge on any atom is -0.396 e. The van der Waals surface area contributed by atoms with Gasteiger partial charge in [-0.15, -0.1) is 0 Å². The number of unbranched alkanes of at least 4 members (excludes halogenated alkanes) is 1. The largest absolute Gasteiger partial charge is 0.396 e. The molecule has 0 bridgehead atoms. The molecule has 0 saturated heterocycles. The number of rotatable bonds is 5. The Hall–Kier alpha value is -0.940. The minimum atomic E-state index is -0.0445. The highest BCUT2D eigenvalue weighted by Crippen LogP contribution is 2.16. The van der Waals surface area contributed by atoms with Crippen molar-refractivity contribution in [2.45, 2.75) is 26.2 Å². The Morgan fingerprint density at radius 2 is 2.31 bits per heavy atom. The maximum atomic E-state index is 11.5. The molecule has 1 aromatic rings. The number of aromatic nitrogens is 1. The van der Waals surface area contributed by atoms with Crippen molar-refractivity contribution >= 4 is 27.5 Å². The Morgan fingerprint density at radius 1 is 1.56 bits per heavy atom. The lowest BCUT2D eigenvalue weighted by molar-refractivity contribution is -0.116. The first-order chi connectivity index (χ1) is 7.63. The van der Waals surface area contributed by atoms with Crippen LogP contribution < -0.4 is 5.32 Å². The molecule has 1 heterocycles. The van der Waals surface area contributed by atoms with E-state index in [2.05, 4.69) is 26.2 Å². The molecule has 1 aromatic heterocycles. The maximum Gasteiger partial charge on any atom is 0.224 e. The van der Waals surface area contributed by atoms with E-state index in [0.29, 0.717) is 24.9 Å². The molecule has 0 radical (unpaired) electrons. The Labute approximate surface area is 103 Å². The second-order valence-electron chi connectivity index (χ2n) is 3.56. The van der Waals surface area contributed by atoms with E-state index in [1.807, 2.05) is 13.0 Å². The first-order valence-corrected chi connectivity index (χ1v) is 5.95. The van der Waals surface area contributed by atoms with Gasteiger partial charge in [0, 0.05) is 13.0 Å². The van der Waals surface area contributed by atoms with Crippen molar-refractivity contribution in [1.82, 2.24) is 4.98 Å². The first-order valence-electron chi connectivity index (χ1n) is 5.16.